The van der Waals surface area contributed by atoms with Gasteiger partial charge >= 0.3 is 0 Å². The first-order chi connectivity index (χ1) is 19.2. The molecule has 9 heteroatoms. The molecule has 3 aromatic carbocycles. The first-order valence-corrected chi connectivity index (χ1v) is 13.2. The van der Waals surface area contributed by atoms with Crippen LogP contribution < -0.4 is 17.2 Å². The summed E-state index contributed by atoms with van der Waals surface area (Å²) in [5, 5.41) is 0. The first kappa shape index (κ1) is 29.9. The van der Waals surface area contributed by atoms with Gasteiger partial charge in [0.15, 0.2) is 5.96 Å². The number of likely N-dealkylation sites (N-methyl/N-ethyl adjacent to an activating group) is 1. The zero-order valence-corrected chi connectivity index (χ0v) is 23.1. The molecule has 0 bridgehead atoms. The highest BCUT2D eigenvalue weighted by molar-refractivity contribution is 5.92. The summed E-state index contributed by atoms with van der Waals surface area (Å²) < 4.78 is 0. The maximum atomic E-state index is 14.4. The molecule has 0 unspecified atom stereocenters. The van der Waals surface area contributed by atoms with Gasteiger partial charge in [-0.15, -0.1) is 0 Å². The van der Waals surface area contributed by atoms with Crippen LogP contribution in [0, 0.1) is 0 Å². The number of nitrogens with two attached hydrogens (primary N) is 3. The second-order valence-corrected chi connectivity index (χ2v) is 9.87. The molecule has 1 atom stereocenters. The number of primary amides is 1. The van der Waals surface area contributed by atoms with Crippen LogP contribution in [0.5, 0.6) is 0 Å². The van der Waals surface area contributed by atoms with Crippen molar-refractivity contribution in [2.45, 2.75) is 37.8 Å². The van der Waals surface area contributed by atoms with E-state index in [0.717, 1.165) is 22.3 Å². The van der Waals surface area contributed by atoms with Gasteiger partial charge in [0.2, 0.25) is 17.7 Å². The lowest BCUT2D eigenvalue weighted by Gasteiger charge is -2.33. The molecule has 9 nitrogen and oxygen atoms in total. The summed E-state index contributed by atoms with van der Waals surface area (Å²) in [6.45, 7) is 0.469. The van der Waals surface area contributed by atoms with E-state index in [1.54, 1.807) is 23.9 Å². The van der Waals surface area contributed by atoms with Gasteiger partial charge in [0.05, 0.1) is 12.3 Å². The van der Waals surface area contributed by atoms with Crippen molar-refractivity contribution in [2.75, 3.05) is 20.6 Å². The van der Waals surface area contributed by atoms with E-state index in [-0.39, 0.29) is 30.7 Å². The highest BCUT2D eigenvalue weighted by Gasteiger charge is 2.34. The third-order valence-corrected chi connectivity index (χ3v) is 6.66. The predicted octanol–water partition coefficient (Wildman–Crippen LogP) is 2.39. The van der Waals surface area contributed by atoms with E-state index in [0.29, 0.717) is 19.4 Å². The lowest BCUT2D eigenvalue weighted by molar-refractivity contribution is -0.141. The molecule has 3 amide bonds. The molecule has 0 aliphatic carbocycles. The molecule has 3 rings (SSSR count). The Hall–Kier alpha value is -4.66. The average Bonchev–Trinajstić information content (AvgIpc) is 2.94. The predicted molar refractivity (Wildman–Crippen MR) is 157 cm³/mol. The van der Waals surface area contributed by atoms with Crippen molar-refractivity contribution < 1.29 is 14.4 Å². The number of nitrogens with zero attached hydrogens (tertiary/aromatic N) is 3. The van der Waals surface area contributed by atoms with Crippen LogP contribution in [-0.4, -0.2) is 60.2 Å². The molecular weight excluding hydrogens is 504 g/mol. The van der Waals surface area contributed by atoms with Crippen molar-refractivity contribution in [2.24, 2.45) is 22.2 Å². The summed E-state index contributed by atoms with van der Waals surface area (Å²) in [6.07, 6.45) is 1.03. The number of hydrogen-bond acceptors (Lipinski definition) is 4. The van der Waals surface area contributed by atoms with Crippen molar-refractivity contribution in [3.05, 3.63) is 107 Å². The lowest BCUT2D eigenvalue weighted by Crippen LogP contribution is -2.49. The smallest absolute Gasteiger partial charge is 0.240 e. The van der Waals surface area contributed by atoms with Gasteiger partial charge in [-0.05, 0) is 35.1 Å². The average molecular weight is 543 g/mol. The van der Waals surface area contributed by atoms with Crippen LogP contribution in [0.2, 0.25) is 0 Å². The van der Waals surface area contributed by atoms with Gasteiger partial charge in [-0.1, -0.05) is 84.9 Å². The third-order valence-electron chi connectivity index (χ3n) is 6.66. The fourth-order valence-corrected chi connectivity index (χ4v) is 4.51. The van der Waals surface area contributed by atoms with Crippen LogP contribution in [0.1, 0.15) is 41.0 Å². The maximum absolute atomic E-state index is 14.4. The molecule has 40 heavy (non-hydrogen) atoms. The Morgan fingerprint density at radius 1 is 0.775 bits per heavy atom. The van der Waals surface area contributed by atoms with Gasteiger partial charge in [-0.25, -0.2) is 0 Å². The van der Waals surface area contributed by atoms with Crippen molar-refractivity contribution in [3.8, 4) is 0 Å². The molecule has 0 fully saturated rings. The SMILES string of the molecule is CN(C)C(=O)Cc1ccc(CN(C(=O)C(c2ccccc2)c2ccccc2)[C@H](CCCN=C(N)N)C(N)=O)cc1. The summed E-state index contributed by atoms with van der Waals surface area (Å²) in [5.41, 5.74) is 20.1. The second kappa shape index (κ2) is 14.5. The highest BCUT2D eigenvalue weighted by atomic mass is 16.2. The minimum atomic E-state index is -0.883. The second-order valence-electron chi connectivity index (χ2n) is 9.87. The molecule has 0 radical (unpaired) electrons. The van der Waals surface area contributed by atoms with E-state index in [4.69, 9.17) is 17.2 Å². The van der Waals surface area contributed by atoms with E-state index < -0.39 is 17.9 Å². The van der Waals surface area contributed by atoms with Gasteiger partial charge in [0.25, 0.3) is 0 Å². The summed E-state index contributed by atoms with van der Waals surface area (Å²) in [5.74, 6) is -1.53. The number of guanidine groups is 1. The van der Waals surface area contributed by atoms with Crippen LogP contribution in [-0.2, 0) is 27.3 Å². The fourth-order valence-electron chi connectivity index (χ4n) is 4.51. The monoisotopic (exact) mass is 542 g/mol. The fraction of sp³-hybridized carbons (Fsp3) is 0.290. The summed E-state index contributed by atoms with van der Waals surface area (Å²) in [7, 11) is 3.43. The molecule has 0 saturated heterocycles. The van der Waals surface area contributed by atoms with Gasteiger partial charge in [-0.3, -0.25) is 19.4 Å². The van der Waals surface area contributed by atoms with Gasteiger partial charge < -0.3 is 27.0 Å². The Morgan fingerprint density at radius 3 is 1.77 bits per heavy atom. The Kier molecular flexibility index (Phi) is 10.8. The van der Waals surface area contributed by atoms with Gasteiger partial charge in [0.1, 0.15) is 6.04 Å². The molecule has 3 aromatic rings. The van der Waals surface area contributed by atoms with Gasteiger partial charge in [-0.2, -0.15) is 0 Å². The molecule has 0 aliphatic rings. The lowest BCUT2D eigenvalue weighted by atomic mass is 9.89. The van der Waals surface area contributed by atoms with Crippen molar-refractivity contribution >= 4 is 23.7 Å². The van der Waals surface area contributed by atoms with Gasteiger partial charge in [0, 0.05) is 27.2 Å². The van der Waals surface area contributed by atoms with Crippen LogP contribution in [0.4, 0.5) is 0 Å². The quantitative estimate of drug-likeness (QED) is 0.172. The van der Waals surface area contributed by atoms with E-state index in [2.05, 4.69) is 4.99 Å². The minimum absolute atomic E-state index is 0.00677. The molecule has 0 aliphatic heterocycles. The van der Waals surface area contributed by atoms with E-state index in [1.807, 2.05) is 84.9 Å². The number of hydrogen-bond donors (Lipinski definition) is 3. The topological polar surface area (TPSA) is 148 Å². The van der Waals surface area contributed by atoms with Crippen molar-refractivity contribution in [3.63, 3.8) is 0 Å². The molecule has 210 valence electrons. The maximum Gasteiger partial charge on any atom is 0.240 e. The highest BCUT2D eigenvalue weighted by Crippen LogP contribution is 2.29. The Labute approximate surface area is 235 Å². The van der Waals surface area contributed by atoms with Crippen LogP contribution in [0.25, 0.3) is 0 Å². The number of carbonyl (C=O) groups is 3. The zero-order valence-electron chi connectivity index (χ0n) is 23.1. The van der Waals surface area contributed by atoms with E-state index in [1.165, 1.54) is 0 Å². The number of amides is 3. The number of aliphatic imine (C=N–C) groups is 1. The molecule has 0 saturated carbocycles. The van der Waals surface area contributed by atoms with Crippen molar-refractivity contribution in [1.82, 2.24) is 9.80 Å². The largest absolute Gasteiger partial charge is 0.370 e. The zero-order chi connectivity index (χ0) is 29.1. The van der Waals surface area contributed by atoms with E-state index >= 15 is 0 Å². The first-order valence-electron chi connectivity index (χ1n) is 13.2. The van der Waals surface area contributed by atoms with Crippen LogP contribution in [0.15, 0.2) is 89.9 Å². The Balaban J connectivity index is 1.99. The van der Waals surface area contributed by atoms with Crippen LogP contribution in [0.3, 0.4) is 0 Å². The minimum Gasteiger partial charge on any atom is -0.370 e. The molecule has 6 N–H and O–H groups in total. The normalized spacial score (nSPS) is 11.5. The summed E-state index contributed by atoms with van der Waals surface area (Å²) in [6, 6.07) is 25.5. The third kappa shape index (κ3) is 8.42. The summed E-state index contributed by atoms with van der Waals surface area (Å²) >= 11 is 0. The number of benzene rings is 3. The summed E-state index contributed by atoms with van der Waals surface area (Å²) in [4.78, 5) is 46.5. The Morgan fingerprint density at radius 2 is 1.30 bits per heavy atom. The molecular formula is C31H38N6O3. The number of rotatable bonds is 13. The number of carbonyl (C=O) groups excluding carboxylic acids is 3. The Bertz CT molecular complexity index is 1250. The standard InChI is InChI=1S/C31H38N6O3/c1-36(2)27(38)20-22-15-17-23(18-16-22)21-37(26(29(32)39)14-9-19-35-31(33)34)30(40)28(24-10-5-3-6-11-24)25-12-7-4-8-13-25/h3-8,10-13,15-18,26,28H,9,14,19-21H2,1-2H3,(H2,32,39)(H4,33,34,35)/t26-/m1/s1. The van der Waals surface area contributed by atoms with Crippen LogP contribution >= 0.6 is 0 Å². The van der Waals surface area contributed by atoms with Crippen molar-refractivity contribution in [1.29, 1.82) is 0 Å². The molecule has 0 heterocycles. The molecule has 0 spiro atoms. The molecule has 0 aromatic heterocycles. The van der Waals surface area contributed by atoms with E-state index in [9.17, 15) is 14.4 Å².